The first-order chi connectivity index (χ1) is 12.6. The summed E-state index contributed by atoms with van der Waals surface area (Å²) in [4.78, 5) is 12.4. The number of aromatic nitrogens is 1. The van der Waals surface area contributed by atoms with Gasteiger partial charge in [0.15, 0.2) is 0 Å². The third-order valence-corrected chi connectivity index (χ3v) is 6.05. The molecule has 0 saturated carbocycles. The molecule has 0 aliphatic carbocycles. The molecule has 148 valence electrons. The Morgan fingerprint density at radius 1 is 1.15 bits per heavy atom. The Hall–Kier alpha value is -2.39. The van der Waals surface area contributed by atoms with Gasteiger partial charge in [0, 0.05) is 26.2 Å². The molecule has 27 heavy (non-hydrogen) atoms. The number of nitrogens with zero attached hydrogens (tertiary/aromatic N) is 3. The lowest BCUT2D eigenvalue weighted by Gasteiger charge is -2.27. The van der Waals surface area contributed by atoms with Crippen LogP contribution in [-0.2, 0) is 21.4 Å². The number of hydrogen-bond acceptors (Lipinski definition) is 5. The Morgan fingerprint density at radius 2 is 1.78 bits per heavy atom. The highest BCUT2D eigenvalue weighted by Crippen LogP contribution is 2.20. The third-order valence-electron chi connectivity index (χ3n) is 4.23. The van der Waals surface area contributed by atoms with Crippen LogP contribution in [0.3, 0.4) is 0 Å². The molecule has 0 aliphatic rings. The zero-order valence-corrected chi connectivity index (χ0v) is 17.1. The minimum absolute atomic E-state index is 0.300. The van der Waals surface area contributed by atoms with Crippen molar-refractivity contribution in [1.82, 2.24) is 14.8 Å². The molecule has 0 atom stereocenters. The summed E-state index contributed by atoms with van der Waals surface area (Å²) in [6.45, 7) is 5.64. The van der Waals surface area contributed by atoms with E-state index in [9.17, 15) is 13.2 Å². The molecule has 1 N–H and O–H groups in total. The van der Waals surface area contributed by atoms with Crippen LogP contribution in [0, 0.1) is 20.8 Å². The first kappa shape index (κ1) is 20.9. The molecule has 0 radical (unpaired) electrons. The SMILES string of the molecule is Cc1ccc(N(CC(=O)NCCc2c(C)noc2C)S(=O)(=O)N(C)C)cc1. The fourth-order valence-electron chi connectivity index (χ4n) is 2.59. The highest BCUT2D eigenvalue weighted by Gasteiger charge is 2.27. The van der Waals surface area contributed by atoms with Crippen LogP contribution in [-0.4, -0.2) is 51.0 Å². The number of benzene rings is 1. The standard InChI is InChI=1S/C18H26N4O4S/c1-13-6-8-16(9-7-13)22(27(24,25)21(4)5)12-18(23)19-11-10-17-14(2)20-26-15(17)3/h6-9H,10-12H2,1-5H3,(H,19,23). The highest BCUT2D eigenvalue weighted by atomic mass is 32.2. The van der Waals surface area contributed by atoms with E-state index < -0.39 is 10.2 Å². The number of carbonyl (C=O) groups excluding carboxylic acids is 1. The molecular formula is C18H26N4O4S. The number of nitrogens with one attached hydrogen (secondary N) is 1. The van der Waals surface area contributed by atoms with Gasteiger partial charge in [-0.25, -0.2) is 4.31 Å². The van der Waals surface area contributed by atoms with Crippen molar-refractivity contribution in [2.24, 2.45) is 0 Å². The molecule has 2 aromatic rings. The second-order valence-corrected chi connectivity index (χ2v) is 8.60. The van der Waals surface area contributed by atoms with Gasteiger partial charge in [-0.2, -0.15) is 12.7 Å². The second-order valence-electron chi connectivity index (χ2n) is 6.54. The summed E-state index contributed by atoms with van der Waals surface area (Å²) in [5.41, 5.74) is 3.19. The maximum atomic E-state index is 12.7. The van der Waals surface area contributed by atoms with E-state index >= 15 is 0 Å². The lowest BCUT2D eigenvalue weighted by atomic mass is 10.1. The van der Waals surface area contributed by atoms with E-state index in [1.54, 1.807) is 12.1 Å². The summed E-state index contributed by atoms with van der Waals surface area (Å²) >= 11 is 0. The summed E-state index contributed by atoms with van der Waals surface area (Å²) in [6, 6.07) is 6.99. The fraction of sp³-hybridized carbons (Fsp3) is 0.444. The topological polar surface area (TPSA) is 95.7 Å². The van der Waals surface area contributed by atoms with Crippen LogP contribution in [0.1, 0.15) is 22.6 Å². The molecule has 0 spiro atoms. The average molecular weight is 394 g/mol. The zero-order chi connectivity index (χ0) is 20.2. The van der Waals surface area contributed by atoms with Crippen LogP contribution in [0.4, 0.5) is 5.69 Å². The van der Waals surface area contributed by atoms with E-state index in [4.69, 9.17) is 4.52 Å². The first-order valence-corrected chi connectivity index (χ1v) is 9.98. The van der Waals surface area contributed by atoms with Gasteiger partial charge >= 0.3 is 10.2 Å². The van der Waals surface area contributed by atoms with Crippen molar-refractivity contribution in [2.75, 3.05) is 31.5 Å². The Kier molecular flexibility index (Phi) is 6.61. The van der Waals surface area contributed by atoms with E-state index in [-0.39, 0.29) is 12.5 Å². The smallest absolute Gasteiger partial charge is 0.304 e. The van der Waals surface area contributed by atoms with Crippen molar-refractivity contribution in [3.63, 3.8) is 0 Å². The lowest BCUT2D eigenvalue weighted by molar-refractivity contribution is -0.119. The molecule has 0 fully saturated rings. The van der Waals surface area contributed by atoms with Crippen molar-refractivity contribution in [3.05, 3.63) is 46.8 Å². The first-order valence-electron chi connectivity index (χ1n) is 8.58. The van der Waals surface area contributed by atoms with Crippen molar-refractivity contribution in [2.45, 2.75) is 27.2 Å². The highest BCUT2D eigenvalue weighted by molar-refractivity contribution is 7.90. The number of carbonyl (C=O) groups is 1. The molecule has 1 aromatic carbocycles. The third kappa shape index (κ3) is 5.08. The molecule has 0 saturated heterocycles. The molecule has 0 aliphatic heterocycles. The lowest BCUT2D eigenvalue weighted by Crippen LogP contribution is -2.46. The van der Waals surface area contributed by atoms with Gasteiger partial charge in [-0.05, 0) is 39.3 Å². The summed E-state index contributed by atoms with van der Waals surface area (Å²) in [5, 5.41) is 6.64. The molecule has 8 nitrogen and oxygen atoms in total. The van der Waals surface area contributed by atoms with E-state index in [0.29, 0.717) is 18.7 Å². The van der Waals surface area contributed by atoms with Gasteiger partial charge in [-0.3, -0.25) is 4.79 Å². The Bertz CT molecular complexity index is 869. The molecular weight excluding hydrogens is 368 g/mol. The molecule has 2 rings (SSSR count). The molecule has 9 heteroatoms. The fourth-order valence-corrected chi connectivity index (χ4v) is 3.65. The van der Waals surface area contributed by atoms with Gasteiger partial charge in [-0.1, -0.05) is 22.9 Å². The maximum absolute atomic E-state index is 12.7. The van der Waals surface area contributed by atoms with Gasteiger partial charge < -0.3 is 9.84 Å². The van der Waals surface area contributed by atoms with Crippen LogP contribution in [0.5, 0.6) is 0 Å². The molecule has 1 amide bonds. The van der Waals surface area contributed by atoms with Crippen molar-refractivity contribution in [1.29, 1.82) is 0 Å². The van der Waals surface area contributed by atoms with E-state index in [1.807, 2.05) is 32.9 Å². The normalized spacial score (nSPS) is 11.6. The van der Waals surface area contributed by atoms with Gasteiger partial charge in [0.05, 0.1) is 11.4 Å². The quantitative estimate of drug-likeness (QED) is 0.733. The predicted octanol–water partition coefficient (Wildman–Crippen LogP) is 1.57. The monoisotopic (exact) mass is 394 g/mol. The van der Waals surface area contributed by atoms with Gasteiger partial charge in [0.1, 0.15) is 12.3 Å². The van der Waals surface area contributed by atoms with Crippen LogP contribution in [0.15, 0.2) is 28.8 Å². The summed E-state index contributed by atoms with van der Waals surface area (Å²) in [6.07, 6.45) is 0.567. The number of aryl methyl sites for hydroxylation is 3. The number of amides is 1. The Labute approximate surface area is 160 Å². The average Bonchev–Trinajstić information content (AvgIpc) is 2.92. The van der Waals surface area contributed by atoms with E-state index in [0.717, 1.165) is 31.2 Å². The van der Waals surface area contributed by atoms with Gasteiger partial charge in [-0.15, -0.1) is 0 Å². The molecule has 0 bridgehead atoms. The van der Waals surface area contributed by atoms with Crippen molar-refractivity contribution >= 4 is 21.8 Å². The minimum Gasteiger partial charge on any atom is -0.361 e. The second kappa shape index (κ2) is 8.53. The summed E-state index contributed by atoms with van der Waals surface area (Å²) < 4.78 is 32.6. The Morgan fingerprint density at radius 3 is 2.30 bits per heavy atom. The van der Waals surface area contributed by atoms with Crippen LogP contribution in [0.25, 0.3) is 0 Å². The van der Waals surface area contributed by atoms with Crippen molar-refractivity contribution < 1.29 is 17.7 Å². The molecule has 1 heterocycles. The predicted molar refractivity (Wildman–Crippen MR) is 104 cm³/mol. The van der Waals surface area contributed by atoms with E-state index in [1.165, 1.54) is 14.1 Å². The van der Waals surface area contributed by atoms with Gasteiger partial charge in [0.2, 0.25) is 5.91 Å². The molecule has 0 unspecified atom stereocenters. The van der Waals surface area contributed by atoms with E-state index in [2.05, 4.69) is 10.5 Å². The number of rotatable bonds is 8. The summed E-state index contributed by atoms with van der Waals surface area (Å²) in [5.74, 6) is 0.339. The maximum Gasteiger partial charge on any atom is 0.304 e. The largest absolute Gasteiger partial charge is 0.361 e. The zero-order valence-electron chi connectivity index (χ0n) is 16.3. The van der Waals surface area contributed by atoms with Crippen LogP contribution < -0.4 is 9.62 Å². The molecule has 1 aromatic heterocycles. The van der Waals surface area contributed by atoms with Crippen LogP contribution in [0.2, 0.25) is 0 Å². The van der Waals surface area contributed by atoms with Crippen molar-refractivity contribution in [3.8, 4) is 0 Å². The Balaban J connectivity index is 2.08. The number of hydrogen-bond donors (Lipinski definition) is 1. The summed E-state index contributed by atoms with van der Waals surface area (Å²) in [7, 11) is -0.928. The number of anilines is 1. The minimum atomic E-state index is -3.80. The van der Waals surface area contributed by atoms with Gasteiger partial charge in [0.25, 0.3) is 0 Å². The van der Waals surface area contributed by atoms with Crippen LogP contribution >= 0.6 is 0 Å².